The number of carbonyl (C=O) groups excluding carboxylic acids is 2. The Balaban J connectivity index is 1.60. The number of amides is 2. The average molecular weight is 313 g/mol. The molecule has 3 rings (SSSR count). The van der Waals surface area contributed by atoms with E-state index in [0.29, 0.717) is 13.0 Å². The van der Waals surface area contributed by atoms with Gasteiger partial charge in [-0.25, -0.2) is 4.98 Å². The van der Waals surface area contributed by atoms with Gasteiger partial charge in [-0.15, -0.1) is 0 Å². The third kappa shape index (κ3) is 3.53. The van der Waals surface area contributed by atoms with Crippen molar-refractivity contribution >= 4 is 17.5 Å². The normalized spacial score (nSPS) is 14.1. The fourth-order valence-electron chi connectivity index (χ4n) is 2.54. The lowest BCUT2D eigenvalue weighted by molar-refractivity contribution is -0.117. The van der Waals surface area contributed by atoms with Crippen LogP contribution in [0.2, 0.25) is 0 Å². The predicted molar refractivity (Wildman–Crippen MR) is 83.4 cm³/mol. The molecule has 2 heterocycles. The number of aromatic nitrogens is 1. The first-order chi connectivity index (χ1) is 11.1. The van der Waals surface area contributed by atoms with Gasteiger partial charge in [0.25, 0.3) is 5.91 Å². The Morgan fingerprint density at radius 2 is 2.04 bits per heavy atom. The molecule has 0 radical (unpaired) electrons. The molecule has 23 heavy (non-hydrogen) atoms. The van der Waals surface area contributed by atoms with Crippen LogP contribution >= 0.6 is 0 Å². The van der Waals surface area contributed by atoms with Gasteiger partial charge in [-0.3, -0.25) is 9.59 Å². The topological polar surface area (TPSA) is 62.3 Å². The second-order valence-corrected chi connectivity index (χ2v) is 5.37. The van der Waals surface area contributed by atoms with Crippen molar-refractivity contribution in [1.82, 2.24) is 10.3 Å². The van der Waals surface area contributed by atoms with Crippen LogP contribution in [0.25, 0.3) is 0 Å². The summed E-state index contributed by atoms with van der Waals surface area (Å²) in [7, 11) is 0. The van der Waals surface area contributed by atoms with Crippen molar-refractivity contribution in [2.24, 2.45) is 0 Å². The fourth-order valence-corrected chi connectivity index (χ4v) is 2.54. The Kier molecular flexibility index (Phi) is 4.32. The lowest BCUT2D eigenvalue weighted by atomic mass is 10.2. The van der Waals surface area contributed by atoms with E-state index in [9.17, 15) is 14.0 Å². The molecule has 5 nitrogen and oxygen atoms in total. The number of rotatable bonds is 4. The first-order valence-electron chi connectivity index (χ1n) is 7.42. The quantitative estimate of drug-likeness (QED) is 0.881. The van der Waals surface area contributed by atoms with Crippen LogP contribution in [0.15, 0.2) is 42.6 Å². The molecular weight excluding hydrogens is 297 g/mol. The maximum absolute atomic E-state index is 13.0. The lowest BCUT2D eigenvalue weighted by Gasteiger charge is -2.16. The average Bonchev–Trinajstić information content (AvgIpc) is 2.99. The SMILES string of the molecule is O=C(NCc1ccc(N2CCCC2=O)cc1)c1ccnc(F)c1. The van der Waals surface area contributed by atoms with Crippen molar-refractivity contribution in [2.75, 3.05) is 11.4 Å². The fraction of sp³-hybridized carbons (Fsp3) is 0.235. The Morgan fingerprint density at radius 3 is 2.70 bits per heavy atom. The predicted octanol–water partition coefficient (Wildman–Crippen LogP) is 2.28. The maximum atomic E-state index is 13.0. The van der Waals surface area contributed by atoms with Crippen LogP contribution in [-0.4, -0.2) is 23.3 Å². The summed E-state index contributed by atoms with van der Waals surface area (Å²) in [4.78, 5) is 28.8. The van der Waals surface area contributed by atoms with Crippen LogP contribution in [0.3, 0.4) is 0 Å². The largest absolute Gasteiger partial charge is 0.348 e. The molecule has 0 atom stereocenters. The van der Waals surface area contributed by atoms with Crippen LogP contribution in [0.5, 0.6) is 0 Å². The molecule has 2 aromatic rings. The molecule has 1 aliphatic heterocycles. The number of hydrogen-bond acceptors (Lipinski definition) is 3. The van der Waals surface area contributed by atoms with Crippen molar-refractivity contribution in [3.63, 3.8) is 0 Å². The highest BCUT2D eigenvalue weighted by Gasteiger charge is 2.21. The summed E-state index contributed by atoms with van der Waals surface area (Å²) >= 11 is 0. The number of halogens is 1. The van der Waals surface area contributed by atoms with Gasteiger partial charge in [-0.05, 0) is 30.2 Å². The van der Waals surface area contributed by atoms with E-state index in [-0.39, 0.29) is 17.4 Å². The molecule has 1 aromatic heterocycles. The summed E-state index contributed by atoms with van der Waals surface area (Å²) in [6.45, 7) is 1.08. The summed E-state index contributed by atoms with van der Waals surface area (Å²) in [5.74, 6) is -0.895. The van der Waals surface area contributed by atoms with Crippen molar-refractivity contribution in [3.8, 4) is 0 Å². The molecule has 1 fully saturated rings. The van der Waals surface area contributed by atoms with Gasteiger partial charge in [0.15, 0.2) is 0 Å². The zero-order valence-electron chi connectivity index (χ0n) is 12.5. The molecule has 0 saturated carbocycles. The minimum absolute atomic E-state index is 0.144. The molecule has 1 aliphatic rings. The van der Waals surface area contributed by atoms with Crippen LogP contribution in [0.4, 0.5) is 10.1 Å². The Morgan fingerprint density at radius 1 is 1.26 bits per heavy atom. The highest BCUT2D eigenvalue weighted by molar-refractivity contribution is 5.95. The zero-order chi connectivity index (χ0) is 16.2. The van der Waals surface area contributed by atoms with E-state index in [1.807, 2.05) is 24.3 Å². The third-order valence-corrected chi connectivity index (χ3v) is 3.76. The zero-order valence-corrected chi connectivity index (χ0v) is 12.5. The summed E-state index contributed by atoms with van der Waals surface area (Å²) in [6, 6.07) is 10.0. The van der Waals surface area contributed by atoms with Gasteiger partial charge in [0.05, 0.1) is 0 Å². The van der Waals surface area contributed by atoms with Gasteiger partial charge in [0, 0.05) is 43.0 Å². The number of pyridine rings is 1. The van der Waals surface area contributed by atoms with E-state index in [1.165, 1.54) is 12.3 Å². The van der Waals surface area contributed by atoms with Crippen molar-refractivity contribution < 1.29 is 14.0 Å². The molecule has 118 valence electrons. The minimum atomic E-state index is -0.683. The highest BCUT2D eigenvalue weighted by atomic mass is 19.1. The molecule has 0 spiro atoms. The molecule has 0 aliphatic carbocycles. The summed E-state index contributed by atoms with van der Waals surface area (Å²) < 4.78 is 13.0. The number of nitrogens with zero attached hydrogens (tertiary/aromatic N) is 2. The smallest absolute Gasteiger partial charge is 0.251 e. The van der Waals surface area contributed by atoms with E-state index >= 15 is 0 Å². The molecule has 0 unspecified atom stereocenters. The van der Waals surface area contributed by atoms with Crippen LogP contribution in [-0.2, 0) is 11.3 Å². The van der Waals surface area contributed by atoms with Gasteiger partial charge in [-0.1, -0.05) is 12.1 Å². The molecule has 2 amide bonds. The van der Waals surface area contributed by atoms with Crippen LogP contribution in [0, 0.1) is 5.95 Å². The number of nitrogens with one attached hydrogen (secondary N) is 1. The second kappa shape index (κ2) is 6.56. The monoisotopic (exact) mass is 313 g/mol. The maximum Gasteiger partial charge on any atom is 0.251 e. The van der Waals surface area contributed by atoms with Gasteiger partial charge >= 0.3 is 0 Å². The summed E-state index contributed by atoms with van der Waals surface area (Å²) in [6.07, 6.45) is 2.74. The summed E-state index contributed by atoms with van der Waals surface area (Å²) in [5.41, 5.74) is 2.01. The molecule has 1 saturated heterocycles. The van der Waals surface area contributed by atoms with Gasteiger partial charge in [-0.2, -0.15) is 4.39 Å². The first kappa shape index (κ1) is 15.1. The second-order valence-electron chi connectivity index (χ2n) is 5.37. The van der Waals surface area contributed by atoms with Crippen LogP contribution < -0.4 is 10.2 Å². The molecule has 1 N–H and O–H groups in total. The van der Waals surface area contributed by atoms with Gasteiger partial charge in [0.2, 0.25) is 11.9 Å². The highest BCUT2D eigenvalue weighted by Crippen LogP contribution is 2.21. The lowest BCUT2D eigenvalue weighted by Crippen LogP contribution is -2.24. The molecule has 6 heteroatoms. The van der Waals surface area contributed by atoms with Crippen molar-refractivity contribution in [2.45, 2.75) is 19.4 Å². The van der Waals surface area contributed by atoms with E-state index in [4.69, 9.17) is 0 Å². The van der Waals surface area contributed by atoms with E-state index in [2.05, 4.69) is 10.3 Å². The van der Waals surface area contributed by atoms with Crippen LogP contribution in [0.1, 0.15) is 28.8 Å². The van der Waals surface area contributed by atoms with E-state index < -0.39 is 5.95 Å². The minimum Gasteiger partial charge on any atom is -0.348 e. The molecule has 1 aromatic carbocycles. The van der Waals surface area contributed by atoms with Gasteiger partial charge in [0.1, 0.15) is 0 Å². The first-order valence-corrected chi connectivity index (χ1v) is 7.42. The number of benzene rings is 1. The van der Waals surface area contributed by atoms with E-state index in [1.54, 1.807) is 4.90 Å². The van der Waals surface area contributed by atoms with Gasteiger partial charge < -0.3 is 10.2 Å². The standard InChI is InChI=1S/C17H16FN3O2/c18-15-10-13(7-8-19-15)17(23)20-11-12-3-5-14(6-4-12)21-9-1-2-16(21)22/h3-8,10H,1-2,9,11H2,(H,20,23). The number of hydrogen-bond donors (Lipinski definition) is 1. The third-order valence-electron chi connectivity index (χ3n) is 3.76. The number of anilines is 1. The van der Waals surface area contributed by atoms with Crippen molar-refractivity contribution in [1.29, 1.82) is 0 Å². The Labute approximate surface area is 133 Å². The summed E-state index contributed by atoms with van der Waals surface area (Å²) in [5, 5.41) is 2.73. The molecular formula is C17H16FN3O2. The Bertz CT molecular complexity index is 731. The van der Waals surface area contributed by atoms with Crippen molar-refractivity contribution in [3.05, 3.63) is 59.7 Å². The molecule has 0 bridgehead atoms. The Hall–Kier alpha value is -2.76. The van der Waals surface area contributed by atoms with E-state index in [0.717, 1.165) is 30.3 Å². The number of carbonyl (C=O) groups is 2.